The van der Waals surface area contributed by atoms with E-state index in [2.05, 4.69) is 15.5 Å². The maximum atomic E-state index is 12.6. The second kappa shape index (κ2) is 7.70. The molecule has 0 N–H and O–H groups in total. The van der Waals surface area contributed by atoms with Crippen molar-refractivity contribution in [3.8, 4) is 11.4 Å². The van der Waals surface area contributed by atoms with E-state index in [-0.39, 0.29) is 11.5 Å². The van der Waals surface area contributed by atoms with E-state index in [4.69, 9.17) is 4.74 Å². The average molecular weight is 368 g/mol. The third kappa shape index (κ3) is 3.77. The molecule has 0 radical (unpaired) electrons. The minimum Gasteiger partial charge on any atom is -0.494 e. The number of thioether (sulfide) groups is 1. The molecule has 0 aliphatic rings. The first-order chi connectivity index (χ1) is 12.5. The molecular weight excluding hydrogens is 348 g/mol. The lowest BCUT2D eigenvalue weighted by Gasteiger charge is -2.10. The summed E-state index contributed by atoms with van der Waals surface area (Å²) in [5.74, 6) is 0.988. The minimum atomic E-state index is 0.0539. The van der Waals surface area contributed by atoms with Crippen molar-refractivity contribution in [3.05, 3.63) is 58.7 Å². The van der Waals surface area contributed by atoms with Crippen LogP contribution < -0.4 is 4.74 Å². The van der Waals surface area contributed by atoms with E-state index in [9.17, 15) is 4.79 Å². The molecule has 3 aromatic rings. The molecule has 1 heterocycles. The molecule has 0 bridgehead atoms. The lowest BCUT2D eigenvalue weighted by Crippen LogP contribution is -2.07. The molecule has 0 fully saturated rings. The van der Waals surface area contributed by atoms with Crippen molar-refractivity contribution < 1.29 is 9.53 Å². The summed E-state index contributed by atoms with van der Waals surface area (Å²) in [6.45, 7) is 5.95. The van der Waals surface area contributed by atoms with Crippen LogP contribution in [-0.4, -0.2) is 38.9 Å². The Morgan fingerprint density at radius 2 is 1.85 bits per heavy atom. The van der Waals surface area contributed by atoms with Gasteiger partial charge in [-0.2, -0.15) is 4.68 Å². The van der Waals surface area contributed by atoms with Crippen molar-refractivity contribution in [2.45, 2.75) is 25.9 Å². The normalized spacial score (nSPS) is 10.8. The molecule has 0 saturated heterocycles. The zero-order valence-corrected chi connectivity index (χ0v) is 16.0. The van der Waals surface area contributed by atoms with E-state index in [0.29, 0.717) is 10.9 Å². The van der Waals surface area contributed by atoms with Crippen LogP contribution >= 0.6 is 11.8 Å². The summed E-state index contributed by atoms with van der Waals surface area (Å²) in [4.78, 5) is 12.6. The average Bonchev–Trinajstić information content (AvgIpc) is 3.08. The molecule has 2 aromatic carbocycles. The SMILES string of the molecule is COc1ccc(C)cc1-n1nnnc1SCC(=O)c1ccc(C)cc1C. The van der Waals surface area contributed by atoms with Gasteiger partial charge in [0.15, 0.2) is 5.78 Å². The van der Waals surface area contributed by atoms with Crippen LogP contribution in [0.1, 0.15) is 27.0 Å². The van der Waals surface area contributed by atoms with Crippen LogP contribution in [0.2, 0.25) is 0 Å². The number of aromatic nitrogens is 4. The van der Waals surface area contributed by atoms with Gasteiger partial charge in [-0.15, -0.1) is 5.10 Å². The number of methoxy groups -OCH3 is 1. The van der Waals surface area contributed by atoms with Crippen molar-refractivity contribution in [2.75, 3.05) is 12.9 Å². The zero-order chi connectivity index (χ0) is 18.7. The number of carbonyl (C=O) groups excluding carboxylic acids is 1. The molecule has 0 unspecified atom stereocenters. The monoisotopic (exact) mass is 368 g/mol. The predicted octanol–water partition coefficient (Wildman–Crippen LogP) is 3.57. The number of hydrogen-bond acceptors (Lipinski definition) is 6. The molecule has 134 valence electrons. The number of hydrogen-bond donors (Lipinski definition) is 0. The first kappa shape index (κ1) is 18.1. The van der Waals surface area contributed by atoms with Crippen LogP contribution in [0, 0.1) is 20.8 Å². The van der Waals surface area contributed by atoms with E-state index in [1.807, 2.05) is 57.2 Å². The standard InChI is InChI=1S/C19H20N4O2S/c1-12-5-7-15(14(3)9-12)17(24)11-26-19-20-21-22-23(19)16-10-13(2)6-8-18(16)25-4/h5-10H,11H2,1-4H3. The van der Waals surface area contributed by atoms with Gasteiger partial charge in [0.2, 0.25) is 5.16 Å². The van der Waals surface area contributed by atoms with Crippen LogP contribution in [0.25, 0.3) is 5.69 Å². The van der Waals surface area contributed by atoms with Gasteiger partial charge in [-0.05, 0) is 54.5 Å². The number of carbonyl (C=O) groups is 1. The van der Waals surface area contributed by atoms with Crippen molar-refractivity contribution >= 4 is 17.5 Å². The molecule has 6 nitrogen and oxygen atoms in total. The Hall–Kier alpha value is -2.67. The fourth-order valence-electron chi connectivity index (χ4n) is 2.72. The van der Waals surface area contributed by atoms with Gasteiger partial charge in [-0.3, -0.25) is 4.79 Å². The van der Waals surface area contributed by atoms with Crippen molar-refractivity contribution in [1.82, 2.24) is 20.2 Å². The number of aryl methyl sites for hydroxylation is 3. The lowest BCUT2D eigenvalue weighted by atomic mass is 10.0. The van der Waals surface area contributed by atoms with Crippen LogP contribution in [-0.2, 0) is 0 Å². The lowest BCUT2D eigenvalue weighted by molar-refractivity contribution is 0.102. The maximum Gasteiger partial charge on any atom is 0.214 e. The van der Waals surface area contributed by atoms with Gasteiger partial charge in [0.25, 0.3) is 0 Å². The number of benzene rings is 2. The second-order valence-electron chi connectivity index (χ2n) is 6.08. The van der Waals surface area contributed by atoms with Crippen LogP contribution in [0.4, 0.5) is 0 Å². The molecule has 26 heavy (non-hydrogen) atoms. The van der Waals surface area contributed by atoms with Gasteiger partial charge >= 0.3 is 0 Å². The molecule has 0 atom stereocenters. The Morgan fingerprint density at radius 1 is 1.12 bits per heavy atom. The minimum absolute atomic E-state index is 0.0539. The van der Waals surface area contributed by atoms with Gasteiger partial charge in [-0.1, -0.05) is 41.6 Å². The van der Waals surface area contributed by atoms with Crippen LogP contribution in [0.15, 0.2) is 41.6 Å². The Kier molecular flexibility index (Phi) is 5.37. The molecule has 0 amide bonds. The summed E-state index contributed by atoms with van der Waals surface area (Å²) in [5.41, 5.74) is 4.67. The van der Waals surface area contributed by atoms with Crippen molar-refractivity contribution in [3.63, 3.8) is 0 Å². The molecular formula is C19H20N4O2S. The van der Waals surface area contributed by atoms with Crippen molar-refractivity contribution in [1.29, 1.82) is 0 Å². The molecule has 3 rings (SSSR count). The van der Waals surface area contributed by atoms with Gasteiger partial charge in [0, 0.05) is 5.56 Å². The number of Topliss-reactive ketones (excluding diaryl/α,β-unsaturated/α-hetero) is 1. The fourth-order valence-corrected chi connectivity index (χ4v) is 3.49. The summed E-state index contributed by atoms with van der Waals surface area (Å²) < 4.78 is 7.01. The molecule has 0 aliphatic carbocycles. The smallest absolute Gasteiger partial charge is 0.214 e. The van der Waals surface area contributed by atoms with E-state index in [1.54, 1.807) is 11.8 Å². The maximum absolute atomic E-state index is 12.6. The van der Waals surface area contributed by atoms with Gasteiger partial charge in [0.05, 0.1) is 12.9 Å². The predicted molar refractivity (Wildman–Crippen MR) is 101 cm³/mol. The number of rotatable bonds is 6. The quantitative estimate of drug-likeness (QED) is 0.489. The number of ketones is 1. The summed E-state index contributed by atoms with van der Waals surface area (Å²) in [5, 5.41) is 12.4. The highest BCUT2D eigenvalue weighted by molar-refractivity contribution is 7.99. The van der Waals surface area contributed by atoms with Crippen LogP contribution in [0.3, 0.4) is 0 Å². The van der Waals surface area contributed by atoms with E-state index < -0.39 is 0 Å². The molecule has 0 aliphatic heterocycles. The molecule has 7 heteroatoms. The summed E-state index contributed by atoms with van der Waals surface area (Å²) in [7, 11) is 1.61. The molecule has 0 saturated carbocycles. The Balaban J connectivity index is 1.82. The Bertz CT molecular complexity index is 952. The fraction of sp³-hybridized carbons (Fsp3) is 0.263. The highest BCUT2D eigenvalue weighted by Gasteiger charge is 2.16. The third-order valence-corrected chi connectivity index (χ3v) is 4.94. The summed E-state index contributed by atoms with van der Waals surface area (Å²) in [6, 6.07) is 11.6. The van der Waals surface area contributed by atoms with E-state index >= 15 is 0 Å². The molecule has 1 aromatic heterocycles. The second-order valence-corrected chi connectivity index (χ2v) is 7.02. The van der Waals surface area contributed by atoms with E-state index in [0.717, 1.165) is 27.9 Å². The topological polar surface area (TPSA) is 69.9 Å². The largest absolute Gasteiger partial charge is 0.494 e. The molecule has 0 spiro atoms. The van der Waals surface area contributed by atoms with Crippen LogP contribution in [0.5, 0.6) is 5.75 Å². The number of ether oxygens (including phenoxy) is 1. The summed E-state index contributed by atoms with van der Waals surface area (Å²) >= 11 is 1.31. The van der Waals surface area contributed by atoms with Gasteiger partial charge in [-0.25, -0.2) is 0 Å². The zero-order valence-electron chi connectivity index (χ0n) is 15.2. The van der Waals surface area contributed by atoms with Crippen molar-refractivity contribution in [2.24, 2.45) is 0 Å². The highest BCUT2D eigenvalue weighted by Crippen LogP contribution is 2.27. The first-order valence-electron chi connectivity index (χ1n) is 8.16. The third-order valence-electron chi connectivity index (χ3n) is 4.02. The van der Waals surface area contributed by atoms with E-state index in [1.165, 1.54) is 11.8 Å². The van der Waals surface area contributed by atoms with Gasteiger partial charge < -0.3 is 4.74 Å². The highest BCUT2D eigenvalue weighted by atomic mass is 32.2. The first-order valence-corrected chi connectivity index (χ1v) is 9.15. The number of nitrogens with zero attached hydrogens (tertiary/aromatic N) is 4. The van der Waals surface area contributed by atoms with Gasteiger partial charge in [0.1, 0.15) is 11.4 Å². The number of tetrazole rings is 1. The summed E-state index contributed by atoms with van der Waals surface area (Å²) in [6.07, 6.45) is 0. The Morgan fingerprint density at radius 3 is 2.58 bits per heavy atom. The Labute approximate surface area is 156 Å².